The van der Waals surface area contributed by atoms with Crippen LogP contribution in [0.3, 0.4) is 0 Å². The molecule has 0 bridgehead atoms. The summed E-state index contributed by atoms with van der Waals surface area (Å²) in [5, 5.41) is 2.96. The van der Waals surface area contributed by atoms with Gasteiger partial charge in [-0.15, -0.1) is 0 Å². The van der Waals surface area contributed by atoms with Gasteiger partial charge in [-0.25, -0.2) is 0 Å². The lowest BCUT2D eigenvalue weighted by atomic mass is 10.2. The number of piperazine rings is 1. The number of para-hydroxylation sites is 1. The van der Waals surface area contributed by atoms with Gasteiger partial charge in [0, 0.05) is 37.4 Å². The van der Waals surface area contributed by atoms with Gasteiger partial charge in [0.15, 0.2) is 0 Å². The molecule has 1 aliphatic heterocycles. The Morgan fingerprint density at radius 2 is 1.56 bits per heavy atom. The van der Waals surface area contributed by atoms with Crippen molar-refractivity contribution in [1.82, 2.24) is 9.80 Å². The van der Waals surface area contributed by atoms with Crippen LogP contribution in [0.4, 0.5) is 5.69 Å². The van der Waals surface area contributed by atoms with E-state index in [1.54, 1.807) is 0 Å². The van der Waals surface area contributed by atoms with Gasteiger partial charge in [0.1, 0.15) is 0 Å². The van der Waals surface area contributed by atoms with Gasteiger partial charge in [-0.1, -0.05) is 36.4 Å². The number of nitrogens with one attached hydrogen (secondary N) is 1. The van der Waals surface area contributed by atoms with E-state index in [1.165, 1.54) is 0 Å². The Bertz CT molecular complexity index is 738. The first kappa shape index (κ1) is 17.2. The molecule has 0 radical (unpaired) electrons. The summed E-state index contributed by atoms with van der Waals surface area (Å²) in [4.78, 5) is 28.6. The molecule has 2 amide bonds. The van der Waals surface area contributed by atoms with Crippen molar-refractivity contribution in [1.29, 1.82) is 0 Å². The molecule has 1 fully saturated rings. The second kappa shape index (κ2) is 7.94. The minimum atomic E-state index is -0.0165. The summed E-state index contributed by atoms with van der Waals surface area (Å²) in [5.41, 5.74) is 2.62. The average Bonchev–Trinajstić information content (AvgIpc) is 2.64. The summed E-state index contributed by atoms with van der Waals surface area (Å²) in [5.74, 6) is 0.0433. The molecule has 2 aromatic rings. The average molecular weight is 337 g/mol. The van der Waals surface area contributed by atoms with Crippen LogP contribution in [0.15, 0.2) is 54.6 Å². The van der Waals surface area contributed by atoms with Crippen molar-refractivity contribution in [3.05, 3.63) is 65.7 Å². The molecule has 1 heterocycles. The van der Waals surface area contributed by atoms with Gasteiger partial charge in [0.2, 0.25) is 5.91 Å². The van der Waals surface area contributed by atoms with Crippen molar-refractivity contribution in [3.63, 3.8) is 0 Å². The Hall–Kier alpha value is -2.66. The third-order valence-electron chi connectivity index (χ3n) is 4.47. The van der Waals surface area contributed by atoms with E-state index < -0.39 is 0 Å². The molecule has 0 atom stereocenters. The monoisotopic (exact) mass is 337 g/mol. The lowest BCUT2D eigenvalue weighted by Gasteiger charge is -2.34. The van der Waals surface area contributed by atoms with Crippen molar-refractivity contribution in [2.75, 3.05) is 38.0 Å². The predicted octanol–water partition coefficient (Wildman–Crippen LogP) is 2.39. The highest BCUT2D eigenvalue weighted by atomic mass is 16.2. The van der Waals surface area contributed by atoms with E-state index in [4.69, 9.17) is 0 Å². The van der Waals surface area contributed by atoms with Crippen LogP contribution in [0.25, 0.3) is 0 Å². The second-order valence-electron chi connectivity index (χ2n) is 6.30. The number of aryl methyl sites for hydroxylation is 1. The van der Waals surface area contributed by atoms with Crippen LogP contribution < -0.4 is 5.32 Å². The van der Waals surface area contributed by atoms with Crippen LogP contribution >= 0.6 is 0 Å². The fourth-order valence-electron chi connectivity index (χ4n) is 2.98. The normalized spacial score (nSPS) is 15.0. The molecule has 130 valence electrons. The molecule has 0 unspecified atom stereocenters. The van der Waals surface area contributed by atoms with Crippen LogP contribution in [-0.4, -0.2) is 54.3 Å². The first-order chi connectivity index (χ1) is 12.1. The highest BCUT2D eigenvalue weighted by molar-refractivity contribution is 5.94. The van der Waals surface area contributed by atoms with Gasteiger partial charge in [-0.05, 0) is 30.7 Å². The van der Waals surface area contributed by atoms with Crippen LogP contribution in [0.1, 0.15) is 15.9 Å². The van der Waals surface area contributed by atoms with E-state index in [1.807, 2.05) is 66.4 Å². The number of amides is 2. The summed E-state index contributed by atoms with van der Waals surface area (Å²) in [6, 6.07) is 17.1. The molecule has 0 spiro atoms. The zero-order valence-corrected chi connectivity index (χ0v) is 14.4. The molecule has 1 aliphatic rings. The third-order valence-corrected chi connectivity index (χ3v) is 4.47. The summed E-state index contributed by atoms with van der Waals surface area (Å²) in [6.07, 6.45) is 0. The van der Waals surface area contributed by atoms with E-state index in [9.17, 15) is 9.59 Å². The largest absolute Gasteiger partial charge is 0.336 e. The number of carbonyl (C=O) groups is 2. The van der Waals surface area contributed by atoms with Crippen LogP contribution in [-0.2, 0) is 4.79 Å². The zero-order chi connectivity index (χ0) is 17.6. The lowest BCUT2D eigenvalue weighted by molar-refractivity contribution is -0.117. The first-order valence-electron chi connectivity index (χ1n) is 8.55. The number of hydrogen-bond acceptors (Lipinski definition) is 3. The molecule has 3 rings (SSSR count). The smallest absolute Gasteiger partial charge is 0.253 e. The Morgan fingerprint density at radius 3 is 2.24 bits per heavy atom. The maximum absolute atomic E-state index is 12.4. The standard InChI is InChI=1S/C20H23N3O2/c1-16-7-5-6-10-18(16)21-19(24)15-22-11-13-23(14-12-22)20(25)17-8-3-2-4-9-17/h2-10H,11-15H2,1H3,(H,21,24). The summed E-state index contributed by atoms with van der Waals surface area (Å²) < 4.78 is 0. The Labute approximate surface area is 148 Å². The van der Waals surface area contributed by atoms with Gasteiger partial charge in [0.25, 0.3) is 5.91 Å². The number of anilines is 1. The quantitative estimate of drug-likeness (QED) is 0.932. The van der Waals surface area contributed by atoms with Crippen molar-refractivity contribution < 1.29 is 9.59 Å². The van der Waals surface area contributed by atoms with Gasteiger partial charge in [0.05, 0.1) is 6.54 Å². The van der Waals surface area contributed by atoms with E-state index in [2.05, 4.69) is 10.2 Å². The minimum absolute atomic E-state index is 0.0165. The first-order valence-corrected chi connectivity index (χ1v) is 8.55. The molecule has 5 heteroatoms. The maximum atomic E-state index is 12.4. The molecular formula is C20H23N3O2. The molecule has 25 heavy (non-hydrogen) atoms. The van der Waals surface area contributed by atoms with E-state index in [0.717, 1.165) is 11.3 Å². The maximum Gasteiger partial charge on any atom is 0.253 e. The van der Waals surface area contributed by atoms with Crippen molar-refractivity contribution in [2.45, 2.75) is 6.92 Å². The van der Waals surface area contributed by atoms with E-state index >= 15 is 0 Å². The van der Waals surface area contributed by atoms with Crippen molar-refractivity contribution in [3.8, 4) is 0 Å². The number of hydrogen-bond donors (Lipinski definition) is 1. The van der Waals surface area contributed by atoms with Crippen LogP contribution in [0.5, 0.6) is 0 Å². The number of rotatable bonds is 4. The number of nitrogens with zero attached hydrogens (tertiary/aromatic N) is 2. The Balaban J connectivity index is 1.48. The number of carbonyl (C=O) groups excluding carboxylic acids is 2. The highest BCUT2D eigenvalue weighted by Gasteiger charge is 2.23. The van der Waals surface area contributed by atoms with Crippen molar-refractivity contribution in [2.24, 2.45) is 0 Å². The van der Waals surface area contributed by atoms with E-state index in [0.29, 0.717) is 38.3 Å². The summed E-state index contributed by atoms with van der Waals surface area (Å²) in [7, 11) is 0. The Morgan fingerprint density at radius 1 is 0.920 bits per heavy atom. The van der Waals surface area contributed by atoms with Gasteiger partial charge < -0.3 is 10.2 Å². The SMILES string of the molecule is Cc1ccccc1NC(=O)CN1CCN(C(=O)c2ccccc2)CC1. The second-order valence-corrected chi connectivity index (χ2v) is 6.30. The minimum Gasteiger partial charge on any atom is -0.336 e. The zero-order valence-electron chi connectivity index (χ0n) is 14.4. The van der Waals surface area contributed by atoms with Gasteiger partial charge in [-0.3, -0.25) is 14.5 Å². The van der Waals surface area contributed by atoms with Crippen molar-refractivity contribution >= 4 is 17.5 Å². The van der Waals surface area contributed by atoms with Gasteiger partial charge in [-0.2, -0.15) is 0 Å². The fraction of sp³-hybridized carbons (Fsp3) is 0.300. The molecule has 1 N–H and O–H groups in total. The molecule has 0 aromatic heterocycles. The van der Waals surface area contributed by atoms with E-state index in [-0.39, 0.29) is 11.8 Å². The molecular weight excluding hydrogens is 314 g/mol. The number of benzene rings is 2. The predicted molar refractivity (Wildman–Crippen MR) is 98.6 cm³/mol. The fourth-order valence-corrected chi connectivity index (χ4v) is 2.98. The molecule has 2 aromatic carbocycles. The summed E-state index contributed by atoms with van der Waals surface area (Å²) in [6.45, 7) is 5.03. The molecule has 0 aliphatic carbocycles. The van der Waals surface area contributed by atoms with Gasteiger partial charge >= 0.3 is 0 Å². The summed E-state index contributed by atoms with van der Waals surface area (Å²) >= 11 is 0. The van der Waals surface area contributed by atoms with Crippen LogP contribution in [0, 0.1) is 6.92 Å². The molecule has 0 saturated carbocycles. The highest BCUT2D eigenvalue weighted by Crippen LogP contribution is 2.13. The Kier molecular flexibility index (Phi) is 5.46. The molecule has 1 saturated heterocycles. The topological polar surface area (TPSA) is 52.7 Å². The molecule has 5 nitrogen and oxygen atoms in total. The van der Waals surface area contributed by atoms with Crippen LogP contribution in [0.2, 0.25) is 0 Å². The third kappa shape index (κ3) is 4.45. The lowest BCUT2D eigenvalue weighted by Crippen LogP contribution is -2.50.